The normalized spacial score (nSPS) is 23.4. The molecule has 2 aliphatic heterocycles. The van der Waals surface area contributed by atoms with Crippen LogP contribution in [0.15, 0.2) is 40.6 Å². The lowest BCUT2D eigenvalue weighted by atomic mass is 9.91. The monoisotopic (exact) mass is 448 g/mol. The number of sulfonamides is 1. The first-order valence-electron chi connectivity index (χ1n) is 10.6. The van der Waals surface area contributed by atoms with Gasteiger partial charge in [0, 0.05) is 30.4 Å². The fourth-order valence-corrected chi connectivity index (χ4v) is 7.23. The predicted octanol–water partition coefficient (Wildman–Crippen LogP) is 3.82. The molecule has 2 aromatic rings. The van der Waals surface area contributed by atoms with Crippen LogP contribution in [0.1, 0.15) is 42.2 Å². The first-order valence-corrected chi connectivity index (χ1v) is 12.9. The number of nitrogens with zero attached hydrogens (tertiary/aromatic N) is 2. The molecule has 1 unspecified atom stereocenters. The van der Waals surface area contributed by atoms with Crippen molar-refractivity contribution in [3.63, 3.8) is 0 Å². The summed E-state index contributed by atoms with van der Waals surface area (Å²) < 4.78 is 40.3. The number of hydrogen-bond acceptors (Lipinski definition) is 4. The summed E-state index contributed by atoms with van der Waals surface area (Å²) in [6.45, 7) is 1.41. The summed E-state index contributed by atoms with van der Waals surface area (Å²) in [4.78, 5) is 17.0. The van der Waals surface area contributed by atoms with Crippen LogP contribution in [0.5, 0.6) is 0 Å². The van der Waals surface area contributed by atoms with Crippen molar-refractivity contribution >= 4 is 27.3 Å². The van der Waals surface area contributed by atoms with Crippen LogP contribution >= 0.6 is 11.3 Å². The predicted molar refractivity (Wildman–Crippen MR) is 113 cm³/mol. The summed E-state index contributed by atoms with van der Waals surface area (Å²) in [6, 6.07) is 7.31. The van der Waals surface area contributed by atoms with Gasteiger partial charge in [-0.15, -0.1) is 11.3 Å². The Morgan fingerprint density at radius 1 is 1.00 bits per heavy atom. The summed E-state index contributed by atoms with van der Waals surface area (Å²) >= 11 is 1.79. The Labute approximate surface area is 180 Å². The van der Waals surface area contributed by atoms with Crippen LogP contribution in [0, 0.1) is 17.7 Å². The van der Waals surface area contributed by atoms with Crippen molar-refractivity contribution in [1.29, 1.82) is 0 Å². The van der Waals surface area contributed by atoms with Crippen LogP contribution in [0.3, 0.4) is 0 Å². The second-order valence-electron chi connectivity index (χ2n) is 8.50. The number of rotatable bonds is 4. The average molecular weight is 449 g/mol. The molecule has 0 bridgehead atoms. The van der Waals surface area contributed by atoms with E-state index in [-0.39, 0.29) is 22.8 Å². The van der Waals surface area contributed by atoms with E-state index in [2.05, 4.69) is 16.3 Å². The van der Waals surface area contributed by atoms with E-state index in [0.29, 0.717) is 31.8 Å². The summed E-state index contributed by atoms with van der Waals surface area (Å²) in [5.41, 5.74) is 1.33. The average Bonchev–Trinajstić information content (AvgIpc) is 3.48. The zero-order valence-electron chi connectivity index (χ0n) is 16.7. The van der Waals surface area contributed by atoms with E-state index < -0.39 is 15.8 Å². The molecule has 0 N–H and O–H groups in total. The number of benzene rings is 1. The van der Waals surface area contributed by atoms with Gasteiger partial charge in [0.25, 0.3) is 0 Å². The van der Waals surface area contributed by atoms with E-state index in [4.69, 9.17) is 0 Å². The van der Waals surface area contributed by atoms with Gasteiger partial charge in [0.05, 0.1) is 10.9 Å². The Bertz CT molecular complexity index is 1040. The maximum absolute atomic E-state index is 13.4. The van der Waals surface area contributed by atoms with Crippen molar-refractivity contribution in [3.05, 3.63) is 52.0 Å². The Hall–Kier alpha value is -1.77. The van der Waals surface area contributed by atoms with Crippen molar-refractivity contribution in [2.24, 2.45) is 11.8 Å². The van der Waals surface area contributed by atoms with Gasteiger partial charge < -0.3 is 4.90 Å². The number of hydrogen-bond donors (Lipinski definition) is 0. The van der Waals surface area contributed by atoms with E-state index in [9.17, 15) is 17.6 Å². The molecule has 1 saturated heterocycles. The molecule has 1 aromatic carbocycles. The minimum atomic E-state index is -3.66. The molecule has 1 atom stereocenters. The summed E-state index contributed by atoms with van der Waals surface area (Å²) in [5, 5.41) is 2.13. The fourth-order valence-electron chi connectivity index (χ4n) is 4.85. The Morgan fingerprint density at radius 3 is 2.37 bits per heavy atom. The number of carbonyl (C=O) groups is 1. The van der Waals surface area contributed by atoms with Gasteiger partial charge in [0.1, 0.15) is 5.82 Å². The molecule has 3 aliphatic rings. The van der Waals surface area contributed by atoms with E-state index in [1.54, 1.807) is 11.3 Å². The van der Waals surface area contributed by atoms with Crippen LogP contribution in [0.4, 0.5) is 4.39 Å². The topological polar surface area (TPSA) is 57.7 Å². The lowest BCUT2D eigenvalue weighted by Gasteiger charge is -2.40. The summed E-state index contributed by atoms with van der Waals surface area (Å²) in [7, 11) is -3.66. The molecule has 2 fully saturated rings. The van der Waals surface area contributed by atoms with Crippen molar-refractivity contribution in [3.8, 4) is 0 Å². The van der Waals surface area contributed by atoms with Crippen LogP contribution in [0.2, 0.25) is 0 Å². The number of halogens is 1. The molecule has 0 spiro atoms. The molecule has 1 amide bonds. The van der Waals surface area contributed by atoms with E-state index >= 15 is 0 Å². The van der Waals surface area contributed by atoms with Gasteiger partial charge in [0.2, 0.25) is 15.9 Å². The van der Waals surface area contributed by atoms with Crippen molar-refractivity contribution in [1.82, 2.24) is 9.21 Å². The first-order chi connectivity index (χ1) is 14.4. The highest BCUT2D eigenvalue weighted by Crippen LogP contribution is 2.49. The molecule has 0 radical (unpaired) electrons. The third kappa shape index (κ3) is 3.59. The Balaban J connectivity index is 1.27. The van der Waals surface area contributed by atoms with Crippen molar-refractivity contribution in [2.45, 2.75) is 43.0 Å². The highest BCUT2D eigenvalue weighted by Gasteiger charge is 2.44. The van der Waals surface area contributed by atoms with E-state index in [1.165, 1.54) is 39.7 Å². The maximum atomic E-state index is 13.4. The van der Waals surface area contributed by atoms with E-state index in [0.717, 1.165) is 25.1 Å². The lowest BCUT2D eigenvalue weighted by molar-refractivity contribution is -0.140. The number of piperidine rings is 1. The minimum absolute atomic E-state index is 0.100. The van der Waals surface area contributed by atoms with Crippen LogP contribution in [-0.2, 0) is 21.2 Å². The van der Waals surface area contributed by atoms with E-state index in [1.807, 2.05) is 0 Å². The molecular weight excluding hydrogens is 423 g/mol. The van der Waals surface area contributed by atoms with Gasteiger partial charge in [-0.05, 0) is 79.3 Å². The van der Waals surface area contributed by atoms with Crippen LogP contribution in [-0.4, -0.2) is 43.2 Å². The molecular formula is C22H25FN2O3S2. The van der Waals surface area contributed by atoms with Gasteiger partial charge in [-0.3, -0.25) is 4.79 Å². The van der Waals surface area contributed by atoms with Crippen molar-refractivity contribution in [2.75, 3.05) is 19.6 Å². The second-order valence-corrected chi connectivity index (χ2v) is 11.4. The smallest absolute Gasteiger partial charge is 0.243 e. The molecule has 1 aromatic heterocycles. The third-order valence-electron chi connectivity index (χ3n) is 6.62. The summed E-state index contributed by atoms with van der Waals surface area (Å²) in [5.74, 6) is 0.161. The maximum Gasteiger partial charge on any atom is 0.243 e. The van der Waals surface area contributed by atoms with Gasteiger partial charge in [-0.25, -0.2) is 12.8 Å². The minimum Gasteiger partial charge on any atom is -0.335 e. The quantitative estimate of drug-likeness (QED) is 0.714. The molecule has 1 aliphatic carbocycles. The van der Waals surface area contributed by atoms with Gasteiger partial charge >= 0.3 is 0 Å². The Morgan fingerprint density at radius 2 is 1.70 bits per heavy atom. The standard InChI is InChI=1S/C22H25FN2O3S2/c23-17-3-5-18(6-4-17)30(27,28)24-11-7-16(8-12-24)22(26)25-13-9-20-19(10-14-29-20)21(25)15-1-2-15/h3-6,10,14-16,21H,1-2,7-9,11-13H2. The zero-order valence-corrected chi connectivity index (χ0v) is 18.3. The van der Waals surface area contributed by atoms with Gasteiger partial charge in [0.15, 0.2) is 0 Å². The highest BCUT2D eigenvalue weighted by atomic mass is 32.2. The molecule has 160 valence electrons. The number of carbonyl (C=O) groups excluding carboxylic acids is 1. The fraction of sp³-hybridized carbons (Fsp3) is 0.500. The lowest BCUT2D eigenvalue weighted by Crippen LogP contribution is -2.47. The Kier molecular flexibility index (Phi) is 5.19. The molecule has 8 heteroatoms. The SMILES string of the molecule is O=C(C1CCN(S(=O)(=O)c2ccc(F)cc2)CC1)N1CCc2sccc2C1C1CC1. The van der Waals surface area contributed by atoms with Crippen molar-refractivity contribution < 1.29 is 17.6 Å². The number of fused-ring (bicyclic) bond motifs is 1. The molecule has 1 saturated carbocycles. The van der Waals surface area contributed by atoms with Crippen LogP contribution < -0.4 is 0 Å². The first kappa shape index (κ1) is 20.2. The third-order valence-corrected chi connectivity index (χ3v) is 9.53. The second kappa shape index (κ2) is 7.73. The molecule has 30 heavy (non-hydrogen) atoms. The largest absolute Gasteiger partial charge is 0.335 e. The molecule has 5 nitrogen and oxygen atoms in total. The summed E-state index contributed by atoms with van der Waals surface area (Å²) in [6.07, 6.45) is 4.34. The van der Waals surface area contributed by atoms with Gasteiger partial charge in [-0.1, -0.05) is 0 Å². The molecule has 3 heterocycles. The molecule has 5 rings (SSSR count). The van der Waals surface area contributed by atoms with Gasteiger partial charge in [-0.2, -0.15) is 4.31 Å². The number of thiophene rings is 1. The highest BCUT2D eigenvalue weighted by molar-refractivity contribution is 7.89. The number of amides is 1. The zero-order chi connectivity index (χ0) is 20.9. The van der Waals surface area contributed by atoms with Crippen LogP contribution in [0.25, 0.3) is 0 Å².